The number of hydrogen-bond acceptors (Lipinski definition) is 7. The van der Waals surface area contributed by atoms with Gasteiger partial charge in [-0.1, -0.05) is 6.04 Å². The monoisotopic (exact) mass is 335 g/mol. The van der Waals surface area contributed by atoms with E-state index in [-0.39, 0.29) is 18.9 Å². The Morgan fingerprint density at radius 1 is 1.09 bits per heavy atom. The summed E-state index contributed by atoms with van der Waals surface area (Å²) in [6.45, 7) is 4.69. The molecule has 0 aromatic carbocycles. The van der Waals surface area contributed by atoms with Crippen molar-refractivity contribution >= 4 is 21.5 Å². The molecule has 1 atom stereocenters. The molecule has 22 heavy (non-hydrogen) atoms. The summed E-state index contributed by atoms with van der Waals surface area (Å²) < 4.78 is 20.2. The highest BCUT2D eigenvalue weighted by atomic mass is 28.2. The molecule has 0 aromatic heterocycles. The number of methoxy groups -OCH3 is 2. The van der Waals surface area contributed by atoms with Crippen LogP contribution in [0.3, 0.4) is 0 Å². The predicted molar refractivity (Wildman–Crippen MR) is 85.4 cm³/mol. The van der Waals surface area contributed by atoms with Gasteiger partial charge in [0.05, 0.1) is 29.2 Å². The van der Waals surface area contributed by atoms with Gasteiger partial charge in [-0.3, -0.25) is 9.59 Å². The third-order valence-corrected chi connectivity index (χ3v) is 5.08. The average molecular weight is 335 g/mol. The lowest BCUT2D eigenvalue weighted by Crippen LogP contribution is -2.40. The molecule has 0 fully saturated rings. The second-order valence-corrected chi connectivity index (χ2v) is 6.62. The Balaban J connectivity index is 4.12. The minimum absolute atomic E-state index is 0.0110. The van der Waals surface area contributed by atoms with Crippen LogP contribution in [-0.2, 0) is 28.5 Å². The molecule has 1 N–H and O–H groups in total. The molecule has 0 saturated heterocycles. The highest BCUT2D eigenvalue weighted by Gasteiger charge is 2.23. The first-order valence-electron chi connectivity index (χ1n) is 7.70. The van der Waals surface area contributed by atoms with Gasteiger partial charge in [-0.2, -0.15) is 0 Å². The first-order valence-corrected chi connectivity index (χ1v) is 9.51. The van der Waals surface area contributed by atoms with E-state index in [9.17, 15) is 9.59 Å². The summed E-state index contributed by atoms with van der Waals surface area (Å²) in [6, 6.07) is 0.371. The maximum Gasteiger partial charge on any atom is 0.323 e. The summed E-state index contributed by atoms with van der Waals surface area (Å²) in [6.07, 6.45) is 0.886. The number of rotatable bonds is 13. The topological polar surface area (TPSA) is 83.1 Å². The maximum absolute atomic E-state index is 11.8. The van der Waals surface area contributed by atoms with Crippen LogP contribution in [0.2, 0.25) is 6.04 Å². The van der Waals surface area contributed by atoms with E-state index in [4.69, 9.17) is 18.9 Å². The van der Waals surface area contributed by atoms with Crippen molar-refractivity contribution in [3.05, 3.63) is 0 Å². The fraction of sp³-hybridized carbons (Fsp3) is 0.857. The highest BCUT2D eigenvalue weighted by molar-refractivity contribution is 6.36. The average Bonchev–Trinajstić information content (AvgIpc) is 2.50. The Hall–Kier alpha value is -0.963. The summed E-state index contributed by atoms with van der Waals surface area (Å²) in [7, 11) is 2.80. The van der Waals surface area contributed by atoms with Crippen molar-refractivity contribution in [3.63, 3.8) is 0 Å². The Morgan fingerprint density at radius 3 is 2.27 bits per heavy atom. The second-order valence-electron chi connectivity index (χ2n) is 4.66. The lowest BCUT2D eigenvalue weighted by molar-refractivity contribution is -0.152. The summed E-state index contributed by atoms with van der Waals surface area (Å²) in [4.78, 5) is 23.3. The van der Waals surface area contributed by atoms with Crippen molar-refractivity contribution in [1.29, 1.82) is 0 Å². The summed E-state index contributed by atoms with van der Waals surface area (Å²) in [5.74, 6) is -0.888. The van der Waals surface area contributed by atoms with Crippen LogP contribution in [0.1, 0.15) is 26.7 Å². The number of ether oxygens (including phenoxy) is 4. The van der Waals surface area contributed by atoms with Crippen molar-refractivity contribution in [3.8, 4) is 0 Å². The molecule has 0 heterocycles. The molecule has 7 nitrogen and oxygen atoms in total. The summed E-state index contributed by atoms with van der Waals surface area (Å²) >= 11 is 0. The number of esters is 2. The molecule has 1 unspecified atom stereocenters. The molecule has 0 aliphatic carbocycles. The first kappa shape index (κ1) is 21.0. The quantitative estimate of drug-likeness (QED) is 0.220. The van der Waals surface area contributed by atoms with Crippen molar-refractivity contribution in [2.24, 2.45) is 0 Å². The third-order valence-electron chi connectivity index (χ3n) is 3.03. The zero-order chi connectivity index (χ0) is 16.8. The van der Waals surface area contributed by atoms with E-state index in [0.717, 1.165) is 12.5 Å². The van der Waals surface area contributed by atoms with E-state index in [0.29, 0.717) is 13.2 Å². The molecule has 130 valence electrons. The van der Waals surface area contributed by atoms with Crippen LogP contribution in [0.15, 0.2) is 0 Å². The van der Waals surface area contributed by atoms with Crippen molar-refractivity contribution in [2.75, 3.05) is 34.0 Å². The van der Waals surface area contributed by atoms with E-state index in [2.05, 4.69) is 5.32 Å². The number of nitrogens with one attached hydrogen (secondary N) is 1. The van der Waals surface area contributed by atoms with Crippen LogP contribution < -0.4 is 5.32 Å². The summed E-state index contributed by atoms with van der Waals surface area (Å²) in [5.41, 5.74) is 0. The molecular formula is C14H29NO6Si. The van der Waals surface area contributed by atoms with Gasteiger partial charge < -0.3 is 24.3 Å². The second kappa shape index (κ2) is 13.7. The molecule has 0 aliphatic heterocycles. The third kappa shape index (κ3) is 9.88. The number of carbonyl (C=O) groups excluding carboxylic acids is 2. The van der Waals surface area contributed by atoms with E-state index >= 15 is 0 Å². The number of carbonyl (C=O) groups is 2. The minimum atomic E-state index is -0.652. The molecule has 0 bridgehead atoms. The normalized spacial score (nSPS) is 12.8. The van der Waals surface area contributed by atoms with Gasteiger partial charge in [0.25, 0.3) is 0 Å². The first-order chi connectivity index (χ1) is 10.6. The molecule has 0 amide bonds. The van der Waals surface area contributed by atoms with E-state index in [1.165, 1.54) is 0 Å². The number of hydrogen-bond donors (Lipinski definition) is 1. The molecule has 0 rings (SSSR count). The lowest BCUT2D eigenvalue weighted by atomic mass is 10.2. The minimum Gasteiger partial charge on any atom is -0.466 e. The van der Waals surface area contributed by atoms with Crippen LogP contribution in [-0.4, -0.2) is 67.4 Å². The maximum atomic E-state index is 11.8. The zero-order valence-electron chi connectivity index (χ0n) is 14.1. The van der Waals surface area contributed by atoms with Gasteiger partial charge in [-0.25, -0.2) is 0 Å². The van der Waals surface area contributed by atoms with E-state index in [1.54, 1.807) is 28.1 Å². The van der Waals surface area contributed by atoms with Crippen molar-refractivity contribution in [1.82, 2.24) is 5.32 Å². The van der Waals surface area contributed by atoms with Gasteiger partial charge in [0.15, 0.2) is 0 Å². The van der Waals surface area contributed by atoms with Gasteiger partial charge >= 0.3 is 11.9 Å². The smallest absolute Gasteiger partial charge is 0.323 e. The van der Waals surface area contributed by atoms with Crippen molar-refractivity contribution in [2.45, 2.75) is 44.7 Å². The molecule has 0 spiro atoms. The lowest BCUT2D eigenvalue weighted by Gasteiger charge is -2.17. The molecule has 0 aliphatic rings. The van der Waals surface area contributed by atoms with Crippen LogP contribution in [0.5, 0.6) is 0 Å². The Kier molecular flexibility index (Phi) is 13.1. The van der Waals surface area contributed by atoms with Gasteiger partial charge in [0.1, 0.15) is 12.0 Å². The van der Waals surface area contributed by atoms with E-state index < -0.39 is 27.5 Å². The zero-order valence-corrected chi connectivity index (χ0v) is 15.5. The van der Waals surface area contributed by atoms with Crippen LogP contribution in [0.4, 0.5) is 0 Å². The Labute approximate surface area is 134 Å². The van der Waals surface area contributed by atoms with Gasteiger partial charge in [0.2, 0.25) is 0 Å². The Bertz CT molecular complexity index is 312. The molecule has 8 heteroatoms. The van der Waals surface area contributed by atoms with Crippen LogP contribution in [0, 0.1) is 0 Å². The van der Waals surface area contributed by atoms with Gasteiger partial charge in [0, 0.05) is 14.2 Å². The largest absolute Gasteiger partial charge is 0.466 e. The van der Waals surface area contributed by atoms with Crippen LogP contribution >= 0.6 is 0 Å². The molecular weight excluding hydrogens is 306 g/mol. The molecule has 0 radical (unpaired) electrons. The van der Waals surface area contributed by atoms with E-state index in [1.807, 2.05) is 0 Å². The van der Waals surface area contributed by atoms with Crippen LogP contribution in [0.25, 0.3) is 0 Å². The highest BCUT2D eigenvalue weighted by Crippen LogP contribution is 2.01. The standard InChI is InChI=1S/C14H29NO6Si/c1-5-20-12(16)10-11(13(17)21-6-2)15-8-7-9-22-14(18-3)19-4/h11,14-15H,5-10,22H2,1-4H3. The Morgan fingerprint density at radius 2 is 1.73 bits per heavy atom. The summed E-state index contributed by atoms with van der Waals surface area (Å²) in [5, 5.41) is 3.07. The predicted octanol–water partition coefficient (Wildman–Crippen LogP) is 0.0145. The fourth-order valence-electron chi connectivity index (χ4n) is 1.91. The van der Waals surface area contributed by atoms with Crippen molar-refractivity contribution < 1.29 is 28.5 Å². The van der Waals surface area contributed by atoms with Gasteiger partial charge in [-0.15, -0.1) is 0 Å². The molecule has 0 saturated carbocycles. The molecule has 0 aromatic rings. The van der Waals surface area contributed by atoms with Gasteiger partial charge in [-0.05, 0) is 26.8 Å². The SMILES string of the molecule is CCOC(=O)CC(NCCC[SiH2]C(OC)OC)C(=O)OCC. The fourth-order valence-corrected chi connectivity index (χ4v) is 3.26.